The number of alkyl halides is 3. The third kappa shape index (κ3) is 3.90. The average molecular weight is 330 g/mol. The molecule has 9 atom stereocenters. The van der Waals surface area contributed by atoms with Gasteiger partial charge in [0, 0.05) is 0 Å². The number of hydrogen-bond donors (Lipinski definition) is 0. The molecule has 0 bridgehead atoms. The highest BCUT2D eigenvalue weighted by Crippen LogP contribution is 2.47. The van der Waals surface area contributed by atoms with Crippen molar-refractivity contribution in [2.45, 2.75) is 90.1 Å². The summed E-state index contributed by atoms with van der Waals surface area (Å²) < 4.78 is 43.2. The van der Waals surface area contributed by atoms with Crippen molar-refractivity contribution in [3.05, 3.63) is 0 Å². The summed E-state index contributed by atoms with van der Waals surface area (Å²) in [6.07, 6.45) is 5.07. The Labute approximate surface area is 139 Å². The average Bonchev–Trinajstić information content (AvgIpc) is 2.50. The Morgan fingerprint density at radius 2 is 1.09 bits per heavy atom. The third-order valence-corrected chi connectivity index (χ3v) is 7.30. The van der Waals surface area contributed by atoms with E-state index in [1.54, 1.807) is 0 Å². The van der Waals surface area contributed by atoms with Crippen LogP contribution < -0.4 is 0 Å². The molecule has 3 aliphatic rings. The number of halogens is 3. The summed E-state index contributed by atoms with van der Waals surface area (Å²) in [7, 11) is 0. The fourth-order valence-electron chi connectivity index (χ4n) is 5.64. The molecule has 23 heavy (non-hydrogen) atoms. The molecule has 3 rings (SSSR count). The van der Waals surface area contributed by atoms with Gasteiger partial charge in [0.25, 0.3) is 0 Å². The molecule has 0 aliphatic heterocycles. The van der Waals surface area contributed by atoms with Gasteiger partial charge in [-0.25, -0.2) is 13.2 Å². The summed E-state index contributed by atoms with van der Waals surface area (Å²) in [5, 5.41) is 0. The van der Waals surface area contributed by atoms with E-state index in [9.17, 15) is 13.2 Å². The van der Waals surface area contributed by atoms with Crippen LogP contribution in [-0.4, -0.2) is 18.5 Å². The van der Waals surface area contributed by atoms with Gasteiger partial charge < -0.3 is 0 Å². The zero-order valence-corrected chi connectivity index (χ0v) is 14.7. The van der Waals surface area contributed by atoms with Gasteiger partial charge in [-0.1, -0.05) is 20.3 Å². The van der Waals surface area contributed by atoms with E-state index in [1.165, 1.54) is 0 Å². The maximum Gasteiger partial charge on any atom is 0.103 e. The largest absolute Gasteiger partial charge is 0.247 e. The number of hydrogen-bond acceptors (Lipinski definition) is 0. The third-order valence-electron chi connectivity index (χ3n) is 7.30. The Balaban J connectivity index is 1.55. The van der Waals surface area contributed by atoms with Crippen molar-refractivity contribution in [2.24, 2.45) is 35.5 Å². The van der Waals surface area contributed by atoms with Crippen molar-refractivity contribution < 1.29 is 13.2 Å². The van der Waals surface area contributed by atoms with Crippen LogP contribution >= 0.6 is 0 Å². The lowest BCUT2D eigenvalue weighted by Gasteiger charge is -2.44. The maximum absolute atomic E-state index is 14.8. The zero-order chi connectivity index (χ0) is 16.6. The van der Waals surface area contributed by atoms with Gasteiger partial charge in [0.1, 0.15) is 18.5 Å². The first-order valence-electron chi connectivity index (χ1n) is 9.88. The molecule has 0 nitrogen and oxygen atoms in total. The van der Waals surface area contributed by atoms with E-state index in [0.717, 1.165) is 38.5 Å². The second-order valence-electron chi connectivity index (χ2n) is 8.92. The monoisotopic (exact) mass is 330 g/mol. The smallest absolute Gasteiger partial charge is 0.103 e. The fraction of sp³-hybridized carbons (Fsp3) is 1.00. The van der Waals surface area contributed by atoms with Crippen LogP contribution in [0.15, 0.2) is 0 Å². The normalized spacial score (nSPS) is 52.3. The quantitative estimate of drug-likeness (QED) is 0.558. The van der Waals surface area contributed by atoms with Gasteiger partial charge >= 0.3 is 0 Å². The topological polar surface area (TPSA) is 0 Å². The number of rotatable bonds is 2. The zero-order valence-electron chi connectivity index (χ0n) is 14.7. The van der Waals surface area contributed by atoms with Crippen LogP contribution in [0.5, 0.6) is 0 Å². The highest BCUT2D eigenvalue weighted by atomic mass is 19.1. The van der Waals surface area contributed by atoms with Gasteiger partial charge in [-0.3, -0.25) is 0 Å². The van der Waals surface area contributed by atoms with Crippen LogP contribution in [0.3, 0.4) is 0 Å². The van der Waals surface area contributed by atoms with Gasteiger partial charge in [-0.05, 0) is 86.9 Å². The lowest BCUT2D eigenvalue weighted by atomic mass is 9.64. The fourth-order valence-corrected chi connectivity index (χ4v) is 5.64. The lowest BCUT2D eigenvalue weighted by Crippen LogP contribution is -2.40. The molecule has 0 aromatic heterocycles. The van der Waals surface area contributed by atoms with Crippen molar-refractivity contribution in [3.8, 4) is 0 Å². The molecule has 0 spiro atoms. The summed E-state index contributed by atoms with van der Waals surface area (Å²) in [5.74, 6) is 1.14. The predicted molar refractivity (Wildman–Crippen MR) is 88.5 cm³/mol. The molecule has 3 aliphatic carbocycles. The molecule has 0 radical (unpaired) electrons. The van der Waals surface area contributed by atoms with E-state index in [1.807, 2.05) is 6.92 Å². The van der Waals surface area contributed by atoms with Crippen LogP contribution in [0.4, 0.5) is 13.2 Å². The van der Waals surface area contributed by atoms with Crippen molar-refractivity contribution in [3.63, 3.8) is 0 Å². The Kier molecular flexibility index (Phi) is 5.63. The van der Waals surface area contributed by atoms with E-state index in [-0.39, 0.29) is 29.6 Å². The second kappa shape index (κ2) is 7.35. The molecule has 0 N–H and O–H groups in total. The van der Waals surface area contributed by atoms with Gasteiger partial charge in [-0.2, -0.15) is 0 Å². The molecular weight excluding hydrogens is 297 g/mol. The van der Waals surface area contributed by atoms with Crippen LogP contribution in [0.25, 0.3) is 0 Å². The summed E-state index contributed by atoms with van der Waals surface area (Å²) in [4.78, 5) is 0. The van der Waals surface area contributed by atoms with Crippen molar-refractivity contribution >= 4 is 0 Å². The standard InChI is InChI=1S/C20H33F3/c1-12-3-7-16(19(22)9-12)15-6-8-17(20(23)11-15)14-5-4-13(2)18(21)10-14/h12-20H,3-11H2,1-2H3. The lowest BCUT2D eigenvalue weighted by molar-refractivity contribution is -0.00166. The first kappa shape index (κ1) is 17.6. The molecule has 0 aromatic carbocycles. The Morgan fingerprint density at radius 1 is 0.565 bits per heavy atom. The summed E-state index contributed by atoms with van der Waals surface area (Å²) >= 11 is 0. The van der Waals surface area contributed by atoms with Crippen molar-refractivity contribution in [1.82, 2.24) is 0 Å². The van der Waals surface area contributed by atoms with Crippen LogP contribution in [0.2, 0.25) is 0 Å². The SMILES string of the molecule is CC1CCC(C2CCC(C3CCC(C)C(F)C3)C(F)C2)C(F)C1. The first-order valence-corrected chi connectivity index (χ1v) is 9.88. The van der Waals surface area contributed by atoms with E-state index in [4.69, 9.17) is 0 Å². The van der Waals surface area contributed by atoms with Crippen molar-refractivity contribution in [1.29, 1.82) is 0 Å². The molecule has 3 heteroatoms. The Hall–Kier alpha value is -0.210. The summed E-state index contributed by atoms with van der Waals surface area (Å²) in [5.41, 5.74) is 0. The van der Waals surface area contributed by atoms with E-state index >= 15 is 0 Å². The highest BCUT2D eigenvalue weighted by molar-refractivity contribution is 4.92. The van der Waals surface area contributed by atoms with Crippen molar-refractivity contribution in [2.75, 3.05) is 0 Å². The molecule has 0 saturated heterocycles. The molecule has 134 valence electrons. The minimum Gasteiger partial charge on any atom is -0.247 e. The van der Waals surface area contributed by atoms with Gasteiger partial charge in [0.05, 0.1) is 0 Å². The minimum atomic E-state index is -0.842. The Bertz CT molecular complexity index is 385. The molecular formula is C20H33F3. The van der Waals surface area contributed by atoms with E-state index in [0.29, 0.717) is 25.2 Å². The van der Waals surface area contributed by atoms with Gasteiger partial charge in [-0.15, -0.1) is 0 Å². The molecule has 0 amide bonds. The molecule has 9 unspecified atom stereocenters. The van der Waals surface area contributed by atoms with E-state index < -0.39 is 18.5 Å². The van der Waals surface area contributed by atoms with Crippen LogP contribution in [0.1, 0.15) is 71.6 Å². The van der Waals surface area contributed by atoms with E-state index in [2.05, 4.69) is 6.92 Å². The summed E-state index contributed by atoms with van der Waals surface area (Å²) in [6.45, 7) is 4.09. The van der Waals surface area contributed by atoms with Crippen LogP contribution in [0, 0.1) is 35.5 Å². The highest BCUT2D eigenvalue weighted by Gasteiger charge is 2.43. The molecule has 0 aromatic rings. The molecule has 0 heterocycles. The van der Waals surface area contributed by atoms with Gasteiger partial charge in [0.2, 0.25) is 0 Å². The Morgan fingerprint density at radius 3 is 1.65 bits per heavy atom. The predicted octanol–water partition coefficient (Wildman–Crippen LogP) is 6.29. The molecule has 3 saturated carbocycles. The van der Waals surface area contributed by atoms with Gasteiger partial charge in [0.15, 0.2) is 0 Å². The summed E-state index contributed by atoms with van der Waals surface area (Å²) in [6, 6.07) is 0. The molecule has 3 fully saturated rings. The second-order valence-corrected chi connectivity index (χ2v) is 8.92. The first-order chi connectivity index (χ1) is 11.0. The maximum atomic E-state index is 14.8. The minimum absolute atomic E-state index is 0.0255. The van der Waals surface area contributed by atoms with Crippen LogP contribution in [-0.2, 0) is 0 Å².